The summed E-state index contributed by atoms with van der Waals surface area (Å²) < 4.78 is 4.99. The minimum absolute atomic E-state index is 0.106. The quantitative estimate of drug-likeness (QED) is 0.182. The number of benzene rings is 1. The number of thioether (sulfide) groups is 2. The maximum Gasteiger partial charge on any atom is 0.407 e. The van der Waals surface area contributed by atoms with Gasteiger partial charge in [-0.1, -0.05) is 76.8 Å². The van der Waals surface area contributed by atoms with Crippen molar-refractivity contribution >= 4 is 64.8 Å². The highest BCUT2D eigenvalue weighted by atomic mass is 32.2. The van der Waals surface area contributed by atoms with E-state index in [4.69, 9.17) is 4.74 Å². The van der Waals surface area contributed by atoms with E-state index < -0.39 is 64.4 Å². The highest BCUT2D eigenvalue weighted by molar-refractivity contribution is 8.21. The van der Waals surface area contributed by atoms with Crippen molar-refractivity contribution in [2.75, 3.05) is 31.2 Å². The number of hydrogen-bond donors (Lipinski definition) is 4. The fourth-order valence-electron chi connectivity index (χ4n) is 6.96. The Bertz CT molecular complexity index is 1450. The number of Topliss-reactive ketones (excluding diaryl/α,β-unsaturated/α-hetero) is 2. The summed E-state index contributed by atoms with van der Waals surface area (Å²) in [6.45, 7) is 6.97. The second kappa shape index (κ2) is 19.5. The lowest BCUT2D eigenvalue weighted by Gasteiger charge is -2.34. The summed E-state index contributed by atoms with van der Waals surface area (Å²) in [4.78, 5) is 94.3. The average Bonchev–Trinajstić information content (AvgIpc) is 3.77. The average molecular weight is 760 g/mol. The number of likely N-dealkylation sites (tertiary alicyclic amines) is 1. The van der Waals surface area contributed by atoms with Crippen LogP contribution < -0.4 is 21.3 Å². The van der Waals surface area contributed by atoms with Gasteiger partial charge in [0.05, 0.1) is 23.3 Å². The van der Waals surface area contributed by atoms with Gasteiger partial charge < -0.3 is 30.9 Å². The van der Waals surface area contributed by atoms with Gasteiger partial charge >= 0.3 is 6.09 Å². The molecule has 286 valence electrons. The van der Waals surface area contributed by atoms with Crippen molar-refractivity contribution in [2.24, 2.45) is 11.8 Å². The van der Waals surface area contributed by atoms with Crippen LogP contribution in [0.2, 0.25) is 0 Å². The number of alkyl carbamates (subject to hydrolysis) is 1. The molecule has 0 bridgehead atoms. The molecule has 4 N–H and O–H groups in total. The van der Waals surface area contributed by atoms with Crippen molar-refractivity contribution in [1.29, 1.82) is 0 Å². The highest BCUT2D eigenvalue weighted by Crippen LogP contribution is 2.52. The number of carbonyl (C=O) groups excluding carboxylic acids is 7. The molecule has 52 heavy (non-hydrogen) atoms. The lowest BCUT2D eigenvalue weighted by Crippen LogP contribution is -2.58. The first kappa shape index (κ1) is 41.2. The molecule has 3 aliphatic rings. The Morgan fingerprint density at radius 2 is 1.62 bits per heavy atom. The number of amides is 5. The lowest BCUT2D eigenvalue weighted by molar-refractivity contribution is -0.143. The Morgan fingerprint density at radius 3 is 2.23 bits per heavy atom. The van der Waals surface area contributed by atoms with E-state index in [2.05, 4.69) is 21.3 Å². The zero-order valence-electron chi connectivity index (χ0n) is 30.6. The van der Waals surface area contributed by atoms with E-state index >= 15 is 0 Å². The van der Waals surface area contributed by atoms with Crippen LogP contribution in [0.1, 0.15) is 90.7 Å². The first-order valence-corrected chi connectivity index (χ1v) is 20.3. The van der Waals surface area contributed by atoms with Crippen molar-refractivity contribution < 1.29 is 38.3 Å². The van der Waals surface area contributed by atoms with Crippen LogP contribution in [0.25, 0.3) is 0 Å². The molecule has 1 saturated carbocycles. The maximum atomic E-state index is 14.5. The molecule has 1 unspecified atom stereocenters. The molecule has 1 aromatic rings. The summed E-state index contributed by atoms with van der Waals surface area (Å²) in [6.07, 6.45) is 4.78. The van der Waals surface area contributed by atoms with E-state index in [1.165, 1.54) is 6.92 Å². The Balaban J connectivity index is 1.45. The van der Waals surface area contributed by atoms with Crippen molar-refractivity contribution in [1.82, 2.24) is 26.2 Å². The predicted molar refractivity (Wildman–Crippen MR) is 200 cm³/mol. The molecule has 5 amide bonds. The van der Waals surface area contributed by atoms with E-state index in [0.717, 1.165) is 43.6 Å². The summed E-state index contributed by atoms with van der Waals surface area (Å²) in [5.74, 6) is -2.06. The maximum absolute atomic E-state index is 14.5. The van der Waals surface area contributed by atoms with Crippen LogP contribution in [0.5, 0.6) is 0 Å². The summed E-state index contributed by atoms with van der Waals surface area (Å²) in [7, 11) is 0. The number of ketones is 2. The van der Waals surface area contributed by atoms with Crippen LogP contribution in [-0.2, 0) is 33.5 Å². The number of hydrogen-bond acceptors (Lipinski definition) is 10. The topological polar surface area (TPSA) is 180 Å². The van der Waals surface area contributed by atoms with Gasteiger partial charge in [-0.05, 0) is 43.6 Å². The standard InChI is InChI=1S/C37H53N5O8S2/c1-5-12-27(32(45)34(47)38-20-29(44)40-30(24(4)43)25-13-8-6-9-14-25)39-33(46)28-19-37(51-17-18-52-37)22-42(28)35(48)31(26-15-10-7-11-16-26)41-36(49)50-21-23(2)3/h6,8-9,13-14,23,26-28,30-31H,5,7,10-12,15-22H2,1-4H3,(H,38,47)(H,39,46)(H,40,44)(H,41,49)/t27?,28-,30+,31-/m0/s1. The molecule has 4 rings (SSSR count). The SMILES string of the molecule is CCCC(NC(=O)[C@@H]1CC2(CN1C(=O)[C@@H](NC(=O)OCC(C)C)C1CCCCC1)SCCS2)C(=O)C(=O)NCC(=O)N[C@H](C(C)=O)c1ccccc1. The number of rotatable bonds is 16. The van der Waals surface area contributed by atoms with E-state index in [1.54, 1.807) is 58.8 Å². The third kappa shape index (κ3) is 11.2. The van der Waals surface area contributed by atoms with Gasteiger partial charge in [0.15, 0.2) is 5.78 Å². The van der Waals surface area contributed by atoms with Crippen LogP contribution >= 0.6 is 23.5 Å². The lowest BCUT2D eigenvalue weighted by atomic mass is 9.83. The van der Waals surface area contributed by atoms with Crippen LogP contribution in [0, 0.1) is 11.8 Å². The van der Waals surface area contributed by atoms with E-state index in [9.17, 15) is 33.6 Å². The van der Waals surface area contributed by atoms with E-state index in [-0.39, 0.29) is 36.6 Å². The molecule has 2 aliphatic heterocycles. The highest BCUT2D eigenvalue weighted by Gasteiger charge is 2.53. The summed E-state index contributed by atoms with van der Waals surface area (Å²) in [5, 5.41) is 10.5. The number of carbonyl (C=O) groups is 7. The normalized spacial score (nSPS) is 20.1. The zero-order valence-corrected chi connectivity index (χ0v) is 32.2. The molecule has 1 spiro atoms. The van der Waals surface area contributed by atoms with E-state index in [0.29, 0.717) is 24.9 Å². The predicted octanol–water partition coefficient (Wildman–Crippen LogP) is 3.51. The Kier molecular flexibility index (Phi) is 15.4. The third-order valence-corrected chi connectivity index (χ3v) is 13.0. The van der Waals surface area contributed by atoms with Crippen molar-refractivity contribution in [3.63, 3.8) is 0 Å². The van der Waals surface area contributed by atoms with Gasteiger partial charge in [0, 0.05) is 24.5 Å². The van der Waals surface area contributed by atoms with Crippen LogP contribution in [-0.4, -0.2) is 99.6 Å². The molecule has 0 aromatic heterocycles. The number of nitrogens with one attached hydrogen (secondary N) is 4. The molecular formula is C37H53N5O8S2. The van der Waals surface area contributed by atoms with Gasteiger partial charge in [-0.2, -0.15) is 0 Å². The van der Waals surface area contributed by atoms with Gasteiger partial charge in [-0.3, -0.25) is 28.8 Å². The molecule has 13 nitrogen and oxygen atoms in total. The van der Waals surface area contributed by atoms with Crippen molar-refractivity contribution in [3.05, 3.63) is 35.9 Å². The molecule has 2 saturated heterocycles. The molecule has 4 atom stereocenters. The zero-order chi connectivity index (χ0) is 37.8. The first-order valence-electron chi connectivity index (χ1n) is 18.3. The summed E-state index contributed by atoms with van der Waals surface area (Å²) >= 11 is 3.42. The minimum Gasteiger partial charge on any atom is -0.449 e. The van der Waals surface area contributed by atoms with Gasteiger partial charge in [-0.25, -0.2) is 4.79 Å². The smallest absolute Gasteiger partial charge is 0.407 e. The molecule has 1 aromatic carbocycles. The Hall–Kier alpha value is -3.59. The molecule has 1 aliphatic carbocycles. The minimum atomic E-state index is -1.19. The van der Waals surface area contributed by atoms with Gasteiger partial charge in [0.1, 0.15) is 18.1 Å². The molecule has 2 heterocycles. The second-order valence-corrected chi connectivity index (χ2v) is 17.4. The summed E-state index contributed by atoms with van der Waals surface area (Å²) in [6, 6.07) is 4.77. The second-order valence-electron chi connectivity index (χ2n) is 14.2. The fourth-order valence-corrected chi connectivity index (χ4v) is 10.2. The molecular weight excluding hydrogens is 707 g/mol. The fraction of sp³-hybridized carbons (Fsp3) is 0.649. The van der Waals surface area contributed by atoms with Gasteiger partial charge in [0.2, 0.25) is 23.5 Å². The molecule has 3 fully saturated rings. The molecule has 15 heteroatoms. The molecule has 0 radical (unpaired) electrons. The van der Waals surface area contributed by atoms with Gasteiger partial charge in [0.25, 0.3) is 5.91 Å². The third-order valence-electron chi connectivity index (χ3n) is 9.59. The van der Waals surface area contributed by atoms with Crippen LogP contribution in [0.4, 0.5) is 4.79 Å². The van der Waals surface area contributed by atoms with Crippen LogP contribution in [0.3, 0.4) is 0 Å². The summed E-state index contributed by atoms with van der Waals surface area (Å²) in [5.41, 5.74) is 0.582. The van der Waals surface area contributed by atoms with Crippen LogP contribution in [0.15, 0.2) is 30.3 Å². The van der Waals surface area contributed by atoms with Crippen molar-refractivity contribution in [3.8, 4) is 0 Å². The van der Waals surface area contributed by atoms with E-state index in [1.807, 2.05) is 20.8 Å². The van der Waals surface area contributed by atoms with Crippen molar-refractivity contribution in [2.45, 2.75) is 107 Å². The number of nitrogens with zero attached hydrogens (tertiary/aromatic N) is 1. The Morgan fingerprint density at radius 1 is 0.942 bits per heavy atom. The number of ether oxygens (including phenoxy) is 1. The largest absolute Gasteiger partial charge is 0.449 e. The Labute approximate surface area is 314 Å². The first-order chi connectivity index (χ1) is 24.8. The monoisotopic (exact) mass is 759 g/mol. The van der Waals surface area contributed by atoms with Gasteiger partial charge in [-0.15, -0.1) is 23.5 Å².